The van der Waals surface area contributed by atoms with Gasteiger partial charge in [-0.05, 0) is 31.7 Å². The molecule has 0 radical (unpaired) electrons. The Hall–Kier alpha value is -1.65. The minimum absolute atomic E-state index is 0.115. The molecule has 0 saturated heterocycles. The molecule has 0 amide bonds. The molecule has 0 bridgehead atoms. The van der Waals surface area contributed by atoms with Gasteiger partial charge in [-0.2, -0.15) is 0 Å². The van der Waals surface area contributed by atoms with Crippen molar-refractivity contribution in [1.29, 1.82) is 0 Å². The SMILES string of the molecule is CC(C1CC1)N(C)c1nccc(C(=O)O)c1F. The van der Waals surface area contributed by atoms with E-state index < -0.39 is 11.8 Å². The molecule has 1 N–H and O–H groups in total. The van der Waals surface area contributed by atoms with Crippen LogP contribution in [0.5, 0.6) is 0 Å². The summed E-state index contributed by atoms with van der Waals surface area (Å²) in [7, 11) is 1.75. The number of carbonyl (C=O) groups is 1. The topological polar surface area (TPSA) is 53.4 Å². The minimum Gasteiger partial charge on any atom is -0.478 e. The lowest BCUT2D eigenvalue weighted by molar-refractivity contribution is 0.0691. The van der Waals surface area contributed by atoms with Crippen LogP contribution in [0.2, 0.25) is 0 Å². The highest BCUT2D eigenvalue weighted by molar-refractivity contribution is 5.88. The Morgan fingerprint density at radius 1 is 1.65 bits per heavy atom. The lowest BCUT2D eigenvalue weighted by Gasteiger charge is -2.26. The summed E-state index contributed by atoms with van der Waals surface area (Å²) in [5.41, 5.74) is -0.329. The average molecular weight is 238 g/mol. The van der Waals surface area contributed by atoms with Crippen molar-refractivity contribution in [3.63, 3.8) is 0 Å². The number of rotatable bonds is 4. The van der Waals surface area contributed by atoms with E-state index in [1.807, 2.05) is 6.92 Å². The van der Waals surface area contributed by atoms with Gasteiger partial charge < -0.3 is 10.0 Å². The van der Waals surface area contributed by atoms with Crippen molar-refractivity contribution in [1.82, 2.24) is 4.98 Å². The Balaban J connectivity index is 2.31. The van der Waals surface area contributed by atoms with Crippen LogP contribution in [0.15, 0.2) is 12.3 Å². The van der Waals surface area contributed by atoms with E-state index in [-0.39, 0.29) is 17.4 Å². The molecule has 4 nitrogen and oxygen atoms in total. The Morgan fingerprint density at radius 2 is 2.29 bits per heavy atom. The van der Waals surface area contributed by atoms with Crippen LogP contribution in [-0.4, -0.2) is 29.1 Å². The Labute approximate surface area is 99.1 Å². The lowest BCUT2D eigenvalue weighted by atomic mass is 10.1. The monoisotopic (exact) mass is 238 g/mol. The van der Waals surface area contributed by atoms with E-state index in [4.69, 9.17) is 5.11 Å². The fourth-order valence-electron chi connectivity index (χ4n) is 1.93. The quantitative estimate of drug-likeness (QED) is 0.873. The van der Waals surface area contributed by atoms with Crippen molar-refractivity contribution in [3.05, 3.63) is 23.6 Å². The first-order valence-corrected chi connectivity index (χ1v) is 5.63. The highest BCUT2D eigenvalue weighted by atomic mass is 19.1. The molecule has 17 heavy (non-hydrogen) atoms. The molecule has 1 saturated carbocycles. The summed E-state index contributed by atoms with van der Waals surface area (Å²) in [4.78, 5) is 16.5. The predicted octanol–water partition coefficient (Wildman–Crippen LogP) is 2.15. The Kier molecular flexibility index (Phi) is 3.00. The molecule has 1 atom stereocenters. The number of halogens is 1. The molecule has 0 aliphatic heterocycles. The van der Waals surface area contributed by atoms with Crippen LogP contribution in [-0.2, 0) is 0 Å². The van der Waals surface area contributed by atoms with Crippen molar-refractivity contribution in [2.24, 2.45) is 5.92 Å². The summed E-state index contributed by atoms with van der Waals surface area (Å²) in [6.07, 6.45) is 3.62. The van der Waals surface area contributed by atoms with Crippen LogP contribution in [0.1, 0.15) is 30.1 Å². The molecule has 1 aliphatic rings. The van der Waals surface area contributed by atoms with Crippen LogP contribution in [0.4, 0.5) is 10.2 Å². The first kappa shape index (κ1) is 11.8. The summed E-state index contributed by atoms with van der Waals surface area (Å²) in [5.74, 6) is -1.34. The summed E-state index contributed by atoms with van der Waals surface area (Å²) >= 11 is 0. The van der Waals surface area contributed by atoms with E-state index in [9.17, 15) is 9.18 Å². The number of carboxylic acid groups (broad SMARTS) is 1. The van der Waals surface area contributed by atoms with Gasteiger partial charge in [0.15, 0.2) is 11.6 Å². The number of hydrogen-bond acceptors (Lipinski definition) is 3. The van der Waals surface area contributed by atoms with Crippen molar-refractivity contribution in [3.8, 4) is 0 Å². The number of carboxylic acids is 1. The molecule has 1 aliphatic carbocycles. The van der Waals surface area contributed by atoms with Gasteiger partial charge in [0.25, 0.3) is 0 Å². The van der Waals surface area contributed by atoms with Crippen molar-refractivity contribution in [2.45, 2.75) is 25.8 Å². The molecule has 5 heteroatoms. The maximum Gasteiger partial charge on any atom is 0.338 e. The van der Waals surface area contributed by atoms with E-state index in [2.05, 4.69) is 4.98 Å². The van der Waals surface area contributed by atoms with Gasteiger partial charge in [-0.1, -0.05) is 0 Å². The summed E-state index contributed by atoms with van der Waals surface area (Å²) in [6.45, 7) is 2.01. The smallest absolute Gasteiger partial charge is 0.338 e. The molecule has 0 aromatic carbocycles. The van der Waals surface area contributed by atoms with E-state index in [1.54, 1.807) is 11.9 Å². The second-order valence-corrected chi connectivity index (χ2v) is 4.49. The fourth-order valence-corrected chi connectivity index (χ4v) is 1.93. The Morgan fingerprint density at radius 3 is 2.82 bits per heavy atom. The largest absolute Gasteiger partial charge is 0.478 e. The molecule has 92 valence electrons. The molecule has 1 heterocycles. The van der Waals surface area contributed by atoms with Crippen molar-refractivity contribution < 1.29 is 14.3 Å². The van der Waals surface area contributed by atoms with Gasteiger partial charge in [-0.15, -0.1) is 0 Å². The van der Waals surface area contributed by atoms with Gasteiger partial charge in [0.2, 0.25) is 0 Å². The van der Waals surface area contributed by atoms with Crippen molar-refractivity contribution in [2.75, 3.05) is 11.9 Å². The highest BCUT2D eigenvalue weighted by Crippen LogP contribution is 2.36. The normalized spacial score (nSPS) is 16.6. The first-order chi connectivity index (χ1) is 8.02. The van der Waals surface area contributed by atoms with E-state index in [1.165, 1.54) is 12.3 Å². The van der Waals surface area contributed by atoms with Gasteiger partial charge in [-0.3, -0.25) is 0 Å². The van der Waals surface area contributed by atoms with Crippen LogP contribution in [0, 0.1) is 11.7 Å². The van der Waals surface area contributed by atoms with Crippen molar-refractivity contribution >= 4 is 11.8 Å². The lowest BCUT2D eigenvalue weighted by Crippen LogP contribution is -2.32. The zero-order chi connectivity index (χ0) is 12.6. The molecular weight excluding hydrogens is 223 g/mol. The Bertz CT molecular complexity index is 446. The van der Waals surface area contributed by atoms with Crippen LogP contribution < -0.4 is 4.90 Å². The van der Waals surface area contributed by atoms with Gasteiger partial charge in [0.1, 0.15) is 5.56 Å². The number of aromatic nitrogens is 1. The van der Waals surface area contributed by atoms with Gasteiger partial charge in [-0.25, -0.2) is 14.2 Å². The number of pyridine rings is 1. The molecule has 2 rings (SSSR count). The standard InChI is InChI=1S/C12H15FN2O2/c1-7(8-3-4-8)15(2)11-10(13)9(12(16)17)5-6-14-11/h5-8H,3-4H2,1-2H3,(H,16,17). The average Bonchev–Trinajstić information content (AvgIpc) is 3.11. The zero-order valence-corrected chi connectivity index (χ0v) is 9.85. The maximum atomic E-state index is 13.9. The second-order valence-electron chi connectivity index (χ2n) is 4.49. The third-order valence-electron chi connectivity index (χ3n) is 3.35. The van der Waals surface area contributed by atoms with E-state index >= 15 is 0 Å². The van der Waals surface area contributed by atoms with Crippen LogP contribution in [0.3, 0.4) is 0 Å². The van der Waals surface area contributed by atoms with Crippen LogP contribution in [0.25, 0.3) is 0 Å². The molecule has 1 aromatic rings. The second kappa shape index (κ2) is 4.31. The minimum atomic E-state index is -1.27. The predicted molar refractivity (Wildman–Crippen MR) is 61.7 cm³/mol. The number of nitrogens with zero attached hydrogens (tertiary/aromatic N) is 2. The van der Waals surface area contributed by atoms with E-state index in [0.29, 0.717) is 5.92 Å². The van der Waals surface area contributed by atoms with Gasteiger partial charge >= 0.3 is 5.97 Å². The fraction of sp³-hybridized carbons (Fsp3) is 0.500. The maximum absolute atomic E-state index is 13.9. The third kappa shape index (κ3) is 2.23. The van der Waals surface area contributed by atoms with Gasteiger partial charge in [0, 0.05) is 19.3 Å². The molecule has 0 spiro atoms. The highest BCUT2D eigenvalue weighted by Gasteiger charge is 2.32. The summed E-state index contributed by atoms with van der Waals surface area (Å²) in [6, 6.07) is 1.36. The van der Waals surface area contributed by atoms with Gasteiger partial charge in [0.05, 0.1) is 0 Å². The third-order valence-corrected chi connectivity index (χ3v) is 3.35. The number of hydrogen-bond donors (Lipinski definition) is 1. The first-order valence-electron chi connectivity index (χ1n) is 5.63. The number of anilines is 1. The molecular formula is C12H15FN2O2. The molecule has 1 aromatic heterocycles. The summed E-state index contributed by atoms with van der Waals surface area (Å²) in [5, 5.41) is 8.85. The van der Waals surface area contributed by atoms with Crippen LogP contribution >= 0.6 is 0 Å². The molecule has 1 fully saturated rings. The zero-order valence-electron chi connectivity index (χ0n) is 9.85. The number of aromatic carboxylic acids is 1. The van der Waals surface area contributed by atoms with E-state index in [0.717, 1.165) is 12.8 Å². The summed E-state index contributed by atoms with van der Waals surface area (Å²) < 4.78 is 13.9. The molecule has 1 unspecified atom stereocenters.